The molecule has 6 nitrogen and oxygen atoms in total. The van der Waals surface area contributed by atoms with Gasteiger partial charge < -0.3 is 19.7 Å². The molecule has 27 heavy (non-hydrogen) atoms. The highest BCUT2D eigenvalue weighted by atomic mass is 35.5. The van der Waals surface area contributed by atoms with Crippen LogP contribution in [0.25, 0.3) is 0 Å². The lowest BCUT2D eigenvalue weighted by molar-refractivity contribution is -0.120. The average Bonchev–Trinajstić information content (AvgIpc) is 3.02. The fraction of sp³-hybridized carbons (Fsp3) is 0.158. The summed E-state index contributed by atoms with van der Waals surface area (Å²) in [6, 6.07) is 11.4. The highest BCUT2D eigenvalue weighted by Gasteiger charge is 2.11. The number of ether oxygens (including phenoxy) is 1. The SMILES string of the molecule is Cc1cc(CC(=O)NCc2ccc(Oc3ccc(Cl)cc3O)c(Cl)c2)on1. The van der Waals surface area contributed by atoms with Gasteiger partial charge >= 0.3 is 0 Å². The molecule has 8 heteroatoms. The van der Waals surface area contributed by atoms with E-state index in [-0.39, 0.29) is 23.8 Å². The summed E-state index contributed by atoms with van der Waals surface area (Å²) in [6.07, 6.45) is 0.117. The van der Waals surface area contributed by atoms with Gasteiger partial charge in [0, 0.05) is 23.7 Å². The second-order valence-corrected chi connectivity index (χ2v) is 6.71. The van der Waals surface area contributed by atoms with Crippen LogP contribution in [0.3, 0.4) is 0 Å². The number of aromatic hydroxyl groups is 1. The normalized spacial score (nSPS) is 10.6. The first kappa shape index (κ1) is 19.1. The van der Waals surface area contributed by atoms with Gasteiger partial charge in [-0.3, -0.25) is 4.79 Å². The summed E-state index contributed by atoms with van der Waals surface area (Å²) < 4.78 is 10.6. The molecule has 3 aromatic rings. The number of halogens is 2. The van der Waals surface area contributed by atoms with Crippen LogP contribution in [0, 0.1) is 6.92 Å². The van der Waals surface area contributed by atoms with Crippen molar-refractivity contribution in [1.29, 1.82) is 0 Å². The zero-order valence-corrected chi connectivity index (χ0v) is 15.8. The van der Waals surface area contributed by atoms with Crippen LogP contribution in [0.5, 0.6) is 17.2 Å². The predicted molar refractivity (Wildman–Crippen MR) is 101 cm³/mol. The molecule has 0 saturated carbocycles. The quantitative estimate of drug-likeness (QED) is 0.622. The maximum absolute atomic E-state index is 12.0. The fourth-order valence-corrected chi connectivity index (χ4v) is 2.76. The van der Waals surface area contributed by atoms with Crippen LogP contribution in [0.1, 0.15) is 17.0 Å². The highest BCUT2D eigenvalue weighted by molar-refractivity contribution is 6.32. The summed E-state index contributed by atoms with van der Waals surface area (Å²) in [7, 11) is 0. The van der Waals surface area contributed by atoms with E-state index in [1.807, 2.05) is 0 Å². The number of amides is 1. The number of carbonyl (C=O) groups excluding carboxylic acids is 1. The maximum Gasteiger partial charge on any atom is 0.227 e. The molecule has 0 aliphatic carbocycles. The van der Waals surface area contributed by atoms with Crippen molar-refractivity contribution >= 4 is 29.1 Å². The Hall–Kier alpha value is -2.70. The van der Waals surface area contributed by atoms with Gasteiger partial charge in [-0.2, -0.15) is 0 Å². The minimum atomic E-state index is -0.186. The molecular formula is C19H16Cl2N2O4. The average molecular weight is 407 g/mol. The minimum Gasteiger partial charge on any atom is -0.504 e. The lowest BCUT2D eigenvalue weighted by Gasteiger charge is -2.11. The first-order valence-electron chi connectivity index (χ1n) is 8.04. The molecule has 2 N–H and O–H groups in total. The number of phenolic OH excluding ortho intramolecular Hbond substituents is 1. The first-order chi connectivity index (χ1) is 12.9. The Morgan fingerprint density at radius 2 is 1.96 bits per heavy atom. The van der Waals surface area contributed by atoms with Crippen LogP contribution in [0.15, 0.2) is 47.0 Å². The van der Waals surface area contributed by atoms with Gasteiger partial charge in [-0.05, 0) is 36.8 Å². The fourth-order valence-electron chi connectivity index (χ4n) is 2.35. The van der Waals surface area contributed by atoms with E-state index >= 15 is 0 Å². The van der Waals surface area contributed by atoms with Crippen LogP contribution in [-0.4, -0.2) is 16.2 Å². The van der Waals surface area contributed by atoms with Gasteiger partial charge in [0.15, 0.2) is 11.5 Å². The van der Waals surface area contributed by atoms with Crippen LogP contribution in [0.4, 0.5) is 0 Å². The third kappa shape index (κ3) is 5.15. The number of aromatic nitrogens is 1. The largest absolute Gasteiger partial charge is 0.504 e. The molecule has 0 aliphatic heterocycles. The number of nitrogens with one attached hydrogen (secondary N) is 1. The molecule has 0 fully saturated rings. The highest BCUT2D eigenvalue weighted by Crippen LogP contribution is 2.36. The molecular weight excluding hydrogens is 391 g/mol. The monoisotopic (exact) mass is 406 g/mol. The minimum absolute atomic E-state index is 0.0856. The number of aryl methyl sites for hydroxylation is 1. The molecule has 0 saturated heterocycles. The van der Waals surface area contributed by atoms with Crippen LogP contribution >= 0.6 is 23.2 Å². The number of benzene rings is 2. The molecule has 0 unspecified atom stereocenters. The Kier molecular flexibility index (Phi) is 5.88. The second-order valence-electron chi connectivity index (χ2n) is 5.87. The van der Waals surface area contributed by atoms with E-state index in [0.717, 1.165) is 11.3 Å². The van der Waals surface area contributed by atoms with Crippen LogP contribution < -0.4 is 10.1 Å². The smallest absolute Gasteiger partial charge is 0.227 e. The van der Waals surface area contributed by atoms with E-state index < -0.39 is 0 Å². The zero-order valence-electron chi connectivity index (χ0n) is 14.3. The molecule has 1 heterocycles. The Labute approximate surface area is 165 Å². The summed E-state index contributed by atoms with van der Waals surface area (Å²) in [5, 5.41) is 17.1. The van der Waals surface area contributed by atoms with Gasteiger partial charge in [0.1, 0.15) is 11.5 Å². The standard InChI is InChI=1S/C19H16Cl2N2O4/c1-11-6-14(27-23-11)9-19(25)22-10-12-2-4-17(15(21)7-12)26-18-5-3-13(20)8-16(18)24/h2-8,24H,9-10H2,1H3,(H,22,25). The number of nitrogens with zero attached hydrogens (tertiary/aromatic N) is 1. The van der Waals surface area contributed by atoms with Crippen molar-refractivity contribution in [3.05, 3.63) is 69.5 Å². The van der Waals surface area contributed by atoms with E-state index in [2.05, 4.69) is 10.5 Å². The number of hydrogen-bond acceptors (Lipinski definition) is 5. The van der Waals surface area contributed by atoms with Crippen molar-refractivity contribution in [3.8, 4) is 17.2 Å². The van der Waals surface area contributed by atoms with Gasteiger partial charge in [-0.1, -0.05) is 34.4 Å². The molecule has 2 aromatic carbocycles. The molecule has 0 atom stereocenters. The van der Waals surface area contributed by atoms with Crippen LogP contribution in [0.2, 0.25) is 10.0 Å². The molecule has 1 aromatic heterocycles. The van der Waals surface area contributed by atoms with E-state index in [1.165, 1.54) is 6.07 Å². The number of rotatable bonds is 6. The lowest BCUT2D eigenvalue weighted by atomic mass is 10.2. The Morgan fingerprint density at radius 1 is 1.19 bits per heavy atom. The van der Waals surface area contributed by atoms with Crippen molar-refractivity contribution in [1.82, 2.24) is 10.5 Å². The molecule has 0 spiro atoms. The van der Waals surface area contributed by atoms with E-state index in [9.17, 15) is 9.90 Å². The number of carbonyl (C=O) groups is 1. The number of hydrogen-bond donors (Lipinski definition) is 2. The van der Waals surface area contributed by atoms with E-state index in [0.29, 0.717) is 28.1 Å². The Bertz CT molecular complexity index is 972. The first-order valence-corrected chi connectivity index (χ1v) is 8.80. The Morgan fingerprint density at radius 3 is 2.63 bits per heavy atom. The zero-order chi connectivity index (χ0) is 19.4. The van der Waals surface area contributed by atoms with Crippen molar-refractivity contribution in [2.45, 2.75) is 19.9 Å². The van der Waals surface area contributed by atoms with Crippen molar-refractivity contribution in [2.75, 3.05) is 0 Å². The summed E-state index contributed by atoms with van der Waals surface area (Å²) >= 11 is 12.0. The van der Waals surface area contributed by atoms with Gasteiger partial charge in [-0.25, -0.2) is 0 Å². The topological polar surface area (TPSA) is 84.6 Å². The van der Waals surface area contributed by atoms with Crippen molar-refractivity contribution in [2.24, 2.45) is 0 Å². The third-order valence-electron chi connectivity index (χ3n) is 3.64. The second kappa shape index (κ2) is 8.33. The predicted octanol–water partition coefficient (Wildman–Crippen LogP) is 4.65. The van der Waals surface area contributed by atoms with E-state index in [1.54, 1.807) is 43.3 Å². The summed E-state index contributed by atoms with van der Waals surface area (Å²) in [5.74, 6) is 0.854. The lowest BCUT2D eigenvalue weighted by Crippen LogP contribution is -2.24. The third-order valence-corrected chi connectivity index (χ3v) is 4.17. The summed E-state index contributed by atoms with van der Waals surface area (Å²) in [4.78, 5) is 12.0. The summed E-state index contributed by atoms with van der Waals surface area (Å²) in [6.45, 7) is 2.10. The van der Waals surface area contributed by atoms with Gasteiger partial charge in [-0.15, -0.1) is 0 Å². The molecule has 3 rings (SSSR count). The van der Waals surface area contributed by atoms with Crippen molar-refractivity contribution in [3.63, 3.8) is 0 Å². The van der Waals surface area contributed by atoms with Crippen molar-refractivity contribution < 1.29 is 19.2 Å². The van der Waals surface area contributed by atoms with Gasteiger partial charge in [0.25, 0.3) is 0 Å². The molecule has 0 radical (unpaired) electrons. The molecule has 0 bridgehead atoms. The molecule has 1 amide bonds. The maximum atomic E-state index is 12.0. The number of phenols is 1. The van der Waals surface area contributed by atoms with Gasteiger partial charge in [0.2, 0.25) is 5.91 Å². The van der Waals surface area contributed by atoms with E-state index in [4.69, 9.17) is 32.5 Å². The summed E-state index contributed by atoms with van der Waals surface area (Å²) in [5.41, 5.74) is 1.53. The van der Waals surface area contributed by atoms with Gasteiger partial charge in [0.05, 0.1) is 17.1 Å². The Balaban J connectivity index is 1.60. The molecule has 140 valence electrons. The van der Waals surface area contributed by atoms with Crippen LogP contribution in [-0.2, 0) is 17.8 Å². The molecule has 0 aliphatic rings.